The Bertz CT molecular complexity index is 939. The Morgan fingerprint density at radius 2 is 2.21 bits per heavy atom. The number of anilines is 1. The lowest BCUT2D eigenvalue weighted by Gasteiger charge is -2.26. The van der Waals surface area contributed by atoms with Gasteiger partial charge in [-0.1, -0.05) is 0 Å². The summed E-state index contributed by atoms with van der Waals surface area (Å²) in [5.41, 5.74) is 1.96. The third-order valence-corrected chi connectivity index (χ3v) is 4.68. The maximum atomic E-state index is 14.0. The monoisotopic (exact) mass is 398 g/mol. The van der Waals surface area contributed by atoms with E-state index in [-0.39, 0.29) is 19.0 Å². The van der Waals surface area contributed by atoms with E-state index in [0.29, 0.717) is 35.4 Å². The summed E-state index contributed by atoms with van der Waals surface area (Å²) in [6.45, 7) is 0.416. The predicted molar refractivity (Wildman–Crippen MR) is 92.7 cm³/mol. The molecule has 7 nitrogen and oxygen atoms in total. The number of alkyl halides is 4. The van der Waals surface area contributed by atoms with Crippen molar-refractivity contribution in [1.29, 1.82) is 0 Å². The Hall–Kier alpha value is -2.69. The van der Waals surface area contributed by atoms with Crippen molar-refractivity contribution < 1.29 is 22.3 Å². The summed E-state index contributed by atoms with van der Waals surface area (Å²) in [5.74, 6) is 0.173. The molecule has 0 aliphatic carbocycles. The number of fused-ring (bicyclic) bond motifs is 1. The second-order valence-corrected chi connectivity index (χ2v) is 6.64. The van der Waals surface area contributed by atoms with Gasteiger partial charge in [-0.15, -0.1) is 5.10 Å². The van der Waals surface area contributed by atoms with Crippen molar-refractivity contribution in [3.05, 3.63) is 30.2 Å². The summed E-state index contributed by atoms with van der Waals surface area (Å²) in [7, 11) is 0. The van der Waals surface area contributed by atoms with E-state index in [1.807, 2.05) is 0 Å². The van der Waals surface area contributed by atoms with Gasteiger partial charge in [-0.05, 0) is 24.5 Å². The number of hydrogen-bond acceptors (Lipinski definition) is 5. The van der Waals surface area contributed by atoms with Gasteiger partial charge in [0.15, 0.2) is 5.65 Å². The highest BCUT2D eigenvalue weighted by Crippen LogP contribution is 2.31. The van der Waals surface area contributed by atoms with E-state index in [0.717, 1.165) is 0 Å². The van der Waals surface area contributed by atoms with Gasteiger partial charge in [-0.3, -0.25) is 5.10 Å². The van der Waals surface area contributed by atoms with Gasteiger partial charge in [0.1, 0.15) is 6.17 Å². The SMILES string of the molecule is F[C@@H]1COCC[C@@H]1Nc1nc2c(CCC(F)(F)F)c(-c3cn[nH]c3)ccn2n1. The van der Waals surface area contributed by atoms with Gasteiger partial charge in [-0.2, -0.15) is 23.3 Å². The van der Waals surface area contributed by atoms with Crippen LogP contribution in [0, 0.1) is 0 Å². The van der Waals surface area contributed by atoms with Crippen LogP contribution >= 0.6 is 0 Å². The second kappa shape index (κ2) is 7.38. The molecule has 1 aliphatic heterocycles. The molecule has 4 heterocycles. The van der Waals surface area contributed by atoms with Crippen LogP contribution in [0.4, 0.5) is 23.5 Å². The van der Waals surface area contributed by atoms with Crippen molar-refractivity contribution in [2.45, 2.75) is 37.7 Å². The lowest BCUT2D eigenvalue weighted by molar-refractivity contribution is -0.133. The molecule has 0 unspecified atom stereocenters. The van der Waals surface area contributed by atoms with Crippen LogP contribution in [0.2, 0.25) is 0 Å². The fourth-order valence-corrected chi connectivity index (χ4v) is 3.27. The van der Waals surface area contributed by atoms with Crippen LogP contribution in [0.25, 0.3) is 16.8 Å². The van der Waals surface area contributed by atoms with Crippen LogP contribution in [0.1, 0.15) is 18.4 Å². The molecule has 28 heavy (non-hydrogen) atoms. The molecule has 150 valence electrons. The van der Waals surface area contributed by atoms with Crippen LogP contribution in [-0.4, -0.2) is 56.4 Å². The zero-order chi connectivity index (χ0) is 19.7. The molecule has 4 rings (SSSR count). The summed E-state index contributed by atoms with van der Waals surface area (Å²) in [5, 5.41) is 13.7. The lowest BCUT2D eigenvalue weighted by Crippen LogP contribution is -2.39. The van der Waals surface area contributed by atoms with E-state index >= 15 is 0 Å². The molecule has 2 atom stereocenters. The van der Waals surface area contributed by atoms with Crippen molar-refractivity contribution >= 4 is 11.6 Å². The molecule has 1 aliphatic rings. The topological polar surface area (TPSA) is 80.1 Å². The van der Waals surface area contributed by atoms with Gasteiger partial charge in [0, 0.05) is 36.5 Å². The van der Waals surface area contributed by atoms with Crippen molar-refractivity contribution in [2.24, 2.45) is 0 Å². The Balaban J connectivity index is 1.70. The van der Waals surface area contributed by atoms with E-state index in [1.165, 1.54) is 10.7 Å². The lowest BCUT2D eigenvalue weighted by atomic mass is 10.0. The quantitative estimate of drug-likeness (QED) is 0.646. The summed E-state index contributed by atoms with van der Waals surface area (Å²) in [4.78, 5) is 4.35. The fraction of sp³-hybridized carbons (Fsp3) is 0.471. The van der Waals surface area contributed by atoms with Crippen molar-refractivity contribution in [3.63, 3.8) is 0 Å². The summed E-state index contributed by atoms with van der Waals surface area (Å²) < 4.78 is 59.0. The molecule has 1 fully saturated rings. The van der Waals surface area contributed by atoms with Gasteiger partial charge in [0.05, 0.1) is 18.8 Å². The first-order chi connectivity index (χ1) is 13.4. The highest BCUT2D eigenvalue weighted by atomic mass is 19.4. The maximum absolute atomic E-state index is 14.0. The number of pyridine rings is 1. The summed E-state index contributed by atoms with van der Waals surface area (Å²) in [6.07, 6.45) is -1.53. The molecular weight excluding hydrogens is 380 g/mol. The molecular formula is C17H18F4N6O. The predicted octanol–water partition coefficient (Wildman–Crippen LogP) is 3.15. The van der Waals surface area contributed by atoms with E-state index < -0.39 is 24.8 Å². The molecule has 0 aromatic carbocycles. The number of hydrogen-bond donors (Lipinski definition) is 2. The van der Waals surface area contributed by atoms with Crippen LogP contribution in [-0.2, 0) is 11.2 Å². The van der Waals surface area contributed by atoms with Crippen LogP contribution in [0.15, 0.2) is 24.7 Å². The van der Waals surface area contributed by atoms with E-state index in [4.69, 9.17) is 4.74 Å². The Kier molecular flexibility index (Phi) is 4.92. The zero-order valence-electron chi connectivity index (χ0n) is 14.7. The molecule has 0 saturated carbocycles. The molecule has 0 amide bonds. The van der Waals surface area contributed by atoms with Crippen molar-refractivity contribution in [3.8, 4) is 11.1 Å². The van der Waals surface area contributed by atoms with Gasteiger partial charge in [0.2, 0.25) is 5.95 Å². The number of aryl methyl sites for hydroxylation is 1. The average molecular weight is 398 g/mol. The maximum Gasteiger partial charge on any atom is 0.389 e. The Labute approximate surface area is 157 Å². The van der Waals surface area contributed by atoms with Crippen LogP contribution in [0.3, 0.4) is 0 Å². The number of aromatic amines is 1. The normalized spacial score (nSPS) is 20.6. The minimum absolute atomic E-state index is 0.00743. The number of H-pyrrole nitrogens is 1. The number of nitrogens with one attached hydrogen (secondary N) is 2. The standard InChI is InChI=1S/C17H18F4N6O/c18-13-9-28-6-3-14(13)24-16-25-15-12(1-4-17(19,20)21)11(2-5-27(15)26-16)10-7-22-23-8-10/h2,5,7-8,13-14H,1,3-4,6,9H2,(H,22,23)(H,24,26)/t13-,14+/m1/s1. The number of aromatic nitrogens is 5. The number of rotatable bonds is 5. The third kappa shape index (κ3) is 3.93. The minimum Gasteiger partial charge on any atom is -0.378 e. The highest BCUT2D eigenvalue weighted by molar-refractivity contribution is 5.73. The first kappa shape index (κ1) is 18.7. The van der Waals surface area contributed by atoms with E-state index in [9.17, 15) is 17.6 Å². The second-order valence-electron chi connectivity index (χ2n) is 6.64. The Morgan fingerprint density at radius 3 is 2.93 bits per heavy atom. The van der Waals surface area contributed by atoms with Gasteiger partial charge in [0.25, 0.3) is 0 Å². The van der Waals surface area contributed by atoms with Crippen molar-refractivity contribution in [2.75, 3.05) is 18.5 Å². The highest BCUT2D eigenvalue weighted by Gasteiger charge is 2.29. The van der Waals surface area contributed by atoms with Crippen LogP contribution in [0.5, 0.6) is 0 Å². The smallest absolute Gasteiger partial charge is 0.378 e. The average Bonchev–Trinajstić information content (AvgIpc) is 3.30. The molecule has 1 saturated heterocycles. The van der Waals surface area contributed by atoms with Crippen LogP contribution < -0.4 is 5.32 Å². The number of halogens is 4. The van der Waals surface area contributed by atoms with E-state index in [2.05, 4.69) is 25.6 Å². The summed E-state index contributed by atoms with van der Waals surface area (Å²) in [6, 6.07) is 1.17. The summed E-state index contributed by atoms with van der Waals surface area (Å²) >= 11 is 0. The van der Waals surface area contributed by atoms with Gasteiger partial charge in [-0.25, -0.2) is 8.91 Å². The molecule has 3 aromatic rings. The molecule has 0 radical (unpaired) electrons. The van der Waals surface area contributed by atoms with Gasteiger partial charge >= 0.3 is 6.18 Å². The molecule has 3 aromatic heterocycles. The first-order valence-electron chi connectivity index (χ1n) is 8.83. The Morgan fingerprint density at radius 1 is 1.36 bits per heavy atom. The van der Waals surface area contributed by atoms with Gasteiger partial charge < -0.3 is 10.1 Å². The van der Waals surface area contributed by atoms with E-state index in [1.54, 1.807) is 18.5 Å². The zero-order valence-corrected chi connectivity index (χ0v) is 14.7. The molecule has 0 spiro atoms. The number of nitrogens with zero attached hydrogens (tertiary/aromatic N) is 4. The minimum atomic E-state index is -4.30. The molecule has 2 N–H and O–H groups in total. The number of ether oxygens (including phenoxy) is 1. The van der Waals surface area contributed by atoms with Crippen molar-refractivity contribution in [1.82, 2.24) is 24.8 Å². The molecule has 0 bridgehead atoms. The first-order valence-corrected chi connectivity index (χ1v) is 8.83. The third-order valence-electron chi connectivity index (χ3n) is 4.68. The fourth-order valence-electron chi connectivity index (χ4n) is 3.27. The molecule has 11 heteroatoms. The largest absolute Gasteiger partial charge is 0.389 e.